The van der Waals surface area contributed by atoms with Crippen molar-refractivity contribution < 1.29 is 32.5 Å². The highest BCUT2D eigenvalue weighted by molar-refractivity contribution is 7.90. The molecule has 0 spiro atoms. The van der Waals surface area contributed by atoms with Gasteiger partial charge in [-0.1, -0.05) is 71.7 Å². The summed E-state index contributed by atoms with van der Waals surface area (Å²) in [6, 6.07) is 22.5. The zero-order valence-electron chi connectivity index (χ0n) is 27.0. The lowest BCUT2D eigenvalue weighted by Crippen LogP contribution is -2.08. The molecule has 1 N–H and O–H groups in total. The molecular weight excluding hydrogens is 699 g/mol. The van der Waals surface area contributed by atoms with Crippen LogP contribution in [-0.2, 0) is 22.9 Å². The molecular formula is C38H33Cl2N2O7S. The van der Waals surface area contributed by atoms with E-state index in [9.17, 15) is 18.3 Å². The zero-order valence-corrected chi connectivity index (χ0v) is 29.3. The third kappa shape index (κ3) is 7.94. The minimum absolute atomic E-state index is 0.00335. The van der Waals surface area contributed by atoms with E-state index in [1.807, 2.05) is 60.7 Å². The molecule has 50 heavy (non-hydrogen) atoms. The summed E-state index contributed by atoms with van der Waals surface area (Å²) < 4.78 is 41.8. The highest BCUT2D eigenvalue weighted by atomic mass is 35.5. The van der Waals surface area contributed by atoms with E-state index in [4.69, 9.17) is 37.4 Å². The summed E-state index contributed by atoms with van der Waals surface area (Å²) in [7, 11) is -3.46. The second-order valence-corrected chi connectivity index (χ2v) is 14.7. The first kappa shape index (κ1) is 35.3. The minimum atomic E-state index is -3.46. The number of aliphatic hydroxyl groups excluding tert-OH is 1. The molecule has 0 saturated heterocycles. The van der Waals surface area contributed by atoms with Gasteiger partial charge in [-0.15, -0.1) is 0 Å². The normalized spacial score (nSPS) is 14.5. The van der Waals surface area contributed by atoms with Gasteiger partial charge in [-0.05, 0) is 66.3 Å². The van der Waals surface area contributed by atoms with Gasteiger partial charge in [0.25, 0.3) is 0 Å². The van der Waals surface area contributed by atoms with Crippen LogP contribution in [0.5, 0.6) is 17.5 Å². The van der Waals surface area contributed by atoms with Crippen LogP contribution in [0.2, 0.25) is 10.0 Å². The maximum atomic E-state index is 11.9. The van der Waals surface area contributed by atoms with Gasteiger partial charge < -0.3 is 19.3 Å². The Labute approximate surface area is 300 Å². The first-order valence-corrected chi connectivity index (χ1v) is 18.4. The maximum Gasteiger partial charge on any atom is 0.236 e. The van der Waals surface area contributed by atoms with E-state index in [1.54, 1.807) is 0 Å². The molecule has 2 heterocycles. The monoisotopic (exact) mass is 731 g/mol. The number of sulfone groups is 1. The largest absolute Gasteiger partial charge is 0.493 e. The fourth-order valence-corrected chi connectivity index (χ4v) is 6.94. The molecule has 0 unspecified atom stereocenters. The first-order valence-electron chi connectivity index (χ1n) is 15.8. The van der Waals surface area contributed by atoms with E-state index < -0.39 is 15.9 Å². The average Bonchev–Trinajstić information content (AvgIpc) is 3.51. The number of pyridine rings is 2. The van der Waals surface area contributed by atoms with Crippen LogP contribution in [-0.4, -0.2) is 48.7 Å². The van der Waals surface area contributed by atoms with Crippen molar-refractivity contribution in [3.05, 3.63) is 124 Å². The quantitative estimate of drug-likeness (QED) is 0.120. The van der Waals surface area contributed by atoms with Crippen molar-refractivity contribution in [3.8, 4) is 39.8 Å². The van der Waals surface area contributed by atoms with Crippen LogP contribution < -0.4 is 14.2 Å². The number of aldehydes is 1. The Bertz CT molecular complexity index is 2140. The van der Waals surface area contributed by atoms with E-state index in [1.165, 1.54) is 24.5 Å². The lowest BCUT2D eigenvalue weighted by Gasteiger charge is -2.18. The number of aliphatic hydroxyl groups is 1. The Morgan fingerprint density at radius 1 is 0.980 bits per heavy atom. The average molecular weight is 733 g/mol. The smallest absolute Gasteiger partial charge is 0.236 e. The molecule has 5 aromatic rings. The van der Waals surface area contributed by atoms with E-state index >= 15 is 0 Å². The number of carbonyl (C=O) groups excluding carboxylic acids is 1. The summed E-state index contributed by atoms with van der Waals surface area (Å²) >= 11 is 13.6. The zero-order chi connectivity index (χ0) is 35.4. The molecule has 1 radical (unpaired) electrons. The summed E-state index contributed by atoms with van der Waals surface area (Å²) in [6.07, 6.45) is 5.19. The summed E-state index contributed by atoms with van der Waals surface area (Å²) in [6.45, 7) is 3.85. The Balaban J connectivity index is 1.22. The van der Waals surface area contributed by atoms with E-state index in [0.717, 1.165) is 46.1 Å². The number of nitrogens with zero attached hydrogens (tertiary/aromatic N) is 2. The standard InChI is InChI=1S/C38H33Cl2N2O7S/c1-23(44)15-16-47-27-11-9-25(10-12-27)29-5-3-8-33(36(29)40)30-6-4-7-32-31(30)13-14-35(32)49-38-34(39)18-26(21-43)37(42-38)48-22-24-17-28(20-41-19-24)50(2,45)46/h3-12,17-21,23,35,44H,1,13-16,22H2,2H3/t23-,35-/m0/s1. The second kappa shape index (κ2) is 15.2. The van der Waals surface area contributed by atoms with E-state index in [-0.39, 0.29) is 40.0 Å². The lowest BCUT2D eigenvalue weighted by atomic mass is 9.94. The summed E-state index contributed by atoms with van der Waals surface area (Å²) in [5.74, 6) is 0.796. The van der Waals surface area contributed by atoms with Crippen LogP contribution in [0.1, 0.15) is 46.0 Å². The van der Waals surface area contributed by atoms with E-state index in [0.29, 0.717) is 42.1 Å². The van der Waals surface area contributed by atoms with Gasteiger partial charge >= 0.3 is 0 Å². The van der Waals surface area contributed by atoms with Crippen molar-refractivity contribution in [2.24, 2.45) is 0 Å². The number of hydrogen-bond donors (Lipinski definition) is 1. The highest BCUT2D eigenvalue weighted by Crippen LogP contribution is 2.44. The number of hydrogen-bond acceptors (Lipinski definition) is 9. The predicted molar refractivity (Wildman–Crippen MR) is 192 cm³/mol. The molecule has 6 rings (SSSR count). The van der Waals surface area contributed by atoms with Gasteiger partial charge in [0.2, 0.25) is 11.8 Å². The van der Waals surface area contributed by atoms with Gasteiger partial charge in [0.05, 0.1) is 28.2 Å². The van der Waals surface area contributed by atoms with E-state index in [2.05, 4.69) is 16.9 Å². The Kier molecular flexibility index (Phi) is 10.7. The SMILES string of the molecule is [CH2][C@H](O)CCOc1ccc(-c2cccc(-c3cccc4c3CC[C@@H]4Oc3nc(OCc4cncc(S(C)(=O)=O)c4)c(C=O)cc3Cl)c2Cl)cc1. The number of carbonyl (C=O) groups is 1. The molecule has 1 aliphatic rings. The van der Waals surface area contributed by atoms with Crippen LogP contribution in [0, 0.1) is 6.92 Å². The third-order valence-corrected chi connectivity index (χ3v) is 10.0. The first-order chi connectivity index (χ1) is 24.0. The topological polar surface area (TPSA) is 125 Å². The molecule has 1 aliphatic carbocycles. The number of ether oxygens (including phenoxy) is 3. The molecule has 3 aromatic carbocycles. The molecule has 0 amide bonds. The van der Waals surface area contributed by atoms with Gasteiger partial charge in [-0.2, -0.15) is 4.98 Å². The molecule has 0 bridgehead atoms. The summed E-state index contributed by atoms with van der Waals surface area (Å²) in [5, 5.41) is 10.1. The third-order valence-electron chi connectivity index (χ3n) is 8.28. The molecule has 12 heteroatoms. The molecule has 2 aromatic heterocycles. The van der Waals surface area contributed by atoms with Crippen LogP contribution in [0.4, 0.5) is 0 Å². The van der Waals surface area contributed by atoms with Crippen molar-refractivity contribution in [1.82, 2.24) is 9.97 Å². The Morgan fingerprint density at radius 3 is 2.46 bits per heavy atom. The minimum Gasteiger partial charge on any atom is -0.493 e. The van der Waals surface area contributed by atoms with Gasteiger partial charge in [0, 0.05) is 41.8 Å². The van der Waals surface area contributed by atoms with Crippen molar-refractivity contribution in [2.75, 3.05) is 12.9 Å². The van der Waals surface area contributed by atoms with Crippen molar-refractivity contribution in [2.45, 2.75) is 43.0 Å². The fourth-order valence-electron chi connectivity index (χ4n) is 5.78. The number of rotatable bonds is 13. The molecule has 2 atom stereocenters. The fraction of sp³-hybridized carbons (Fsp3) is 0.211. The molecule has 9 nitrogen and oxygen atoms in total. The summed E-state index contributed by atoms with van der Waals surface area (Å²) in [5.41, 5.74) is 6.38. The van der Waals surface area contributed by atoms with Gasteiger partial charge in [0.1, 0.15) is 23.5 Å². The number of aromatic nitrogens is 2. The van der Waals surface area contributed by atoms with Crippen LogP contribution >= 0.6 is 23.2 Å². The Morgan fingerprint density at radius 2 is 1.72 bits per heavy atom. The van der Waals surface area contributed by atoms with Gasteiger partial charge in [-0.3, -0.25) is 9.78 Å². The van der Waals surface area contributed by atoms with Crippen molar-refractivity contribution in [1.29, 1.82) is 0 Å². The van der Waals surface area contributed by atoms with Crippen LogP contribution in [0.15, 0.2) is 90.1 Å². The lowest BCUT2D eigenvalue weighted by molar-refractivity contribution is 0.111. The van der Waals surface area contributed by atoms with Crippen LogP contribution in [0.25, 0.3) is 22.3 Å². The van der Waals surface area contributed by atoms with Crippen molar-refractivity contribution in [3.63, 3.8) is 0 Å². The number of fused-ring (bicyclic) bond motifs is 1. The second-order valence-electron chi connectivity index (χ2n) is 11.9. The number of benzene rings is 3. The van der Waals surface area contributed by atoms with Gasteiger partial charge in [0.15, 0.2) is 16.1 Å². The molecule has 0 fully saturated rings. The summed E-state index contributed by atoms with van der Waals surface area (Å²) in [4.78, 5) is 20.3. The van der Waals surface area contributed by atoms with Crippen molar-refractivity contribution >= 4 is 39.3 Å². The van der Waals surface area contributed by atoms with Crippen LogP contribution in [0.3, 0.4) is 0 Å². The number of halogens is 2. The predicted octanol–water partition coefficient (Wildman–Crippen LogP) is 7.94. The molecule has 0 aliphatic heterocycles. The highest BCUT2D eigenvalue weighted by Gasteiger charge is 2.29. The molecule has 0 saturated carbocycles. The maximum absolute atomic E-state index is 11.9. The Hall–Kier alpha value is -4.48. The van der Waals surface area contributed by atoms with Gasteiger partial charge in [-0.25, -0.2) is 8.42 Å². The molecule has 257 valence electrons.